The molecule has 0 radical (unpaired) electrons. The Balaban J connectivity index is 1.45. The van der Waals surface area contributed by atoms with Crippen molar-refractivity contribution in [1.29, 1.82) is 0 Å². The van der Waals surface area contributed by atoms with E-state index in [2.05, 4.69) is 24.1 Å². The van der Waals surface area contributed by atoms with Gasteiger partial charge in [0.05, 0.1) is 5.56 Å². The zero-order valence-electron chi connectivity index (χ0n) is 17.2. The van der Waals surface area contributed by atoms with Gasteiger partial charge in [0, 0.05) is 22.9 Å². The summed E-state index contributed by atoms with van der Waals surface area (Å²) in [6.45, 7) is 2.95. The summed E-state index contributed by atoms with van der Waals surface area (Å²) in [6.07, 6.45) is 4.93. The molecule has 1 N–H and O–H groups in total. The Bertz CT molecular complexity index is 1080. The number of aryl methyl sites for hydroxylation is 1. The van der Waals surface area contributed by atoms with Crippen LogP contribution in [0.25, 0.3) is 0 Å². The fourth-order valence-electron chi connectivity index (χ4n) is 6.16. The van der Waals surface area contributed by atoms with Crippen LogP contribution in [0, 0.1) is 12.8 Å². The molecule has 5 heteroatoms. The normalized spacial score (nSPS) is 33.0. The van der Waals surface area contributed by atoms with Crippen LogP contribution in [0.1, 0.15) is 33.5 Å². The van der Waals surface area contributed by atoms with Gasteiger partial charge in [-0.25, -0.2) is 4.79 Å². The summed E-state index contributed by atoms with van der Waals surface area (Å²) in [6, 6.07) is 11.7. The molecule has 2 aliphatic carbocycles. The highest BCUT2D eigenvalue weighted by Gasteiger charge is 2.64. The van der Waals surface area contributed by atoms with Gasteiger partial charge in [-0.1, -0.05) is 35.9 Å². The third-order valence-corrected chi connectivity index (χ3v) is 7.62. The van der Waals surface area contributed by atoms with Crippen LogP contribution in [0.4, 0.5) is 0 Å². The van der Waals surface area contributed by atoms with E-state index in [1.807, 2.05) is 31.2 Å². The van der Waals surface area contributed by atoms with Crippen molar-refractivity contribution >= 4 is 5.97 Å². The third kappa shape index (κ3) is 2.28. The average Bonchev–Trinajstić information content (AvgIpc) is 3.09. The van der Waals surface area contributed by atoms with Gasteiger partial charge < -0.3 is 19.5 Å². The summed E-state index contributed by atoms with van der Waals surface area (Å²) in [5.41, 5.74) is 3.76. The molecule has 0 unspecified atom stereocenters. The fraction of sp³-hybridized carbons (Fsp3) is 0.400. The number of nitrogens with zero attached hydrogens (tertiary/aromatic N) is 1. The van der Waals surface area contributed by atoms with Crippen LogP contribution in [-0.2, 0) is 11.8 Å². The monoisotopic (exact) mass is 403 g/mol. The zero-order chi connectivity index (χ0) is 20.6. The average molecular weight is 403 g/mol. The largest absolute Gasteiger partial charge is 0.482 e. The Morgan fingerprint density at radius 1 is 1.20 bits per heavy atom. The number of hydrogen-bond donors (Lipinski definition) is 1. The van der Waals surface area contributed by atoms with Gasteiger partial charge in [-0.3, -0.25) is 0 Å². The van der Waals surface area contributed by atoms with Gasteiger partial charge >= 0.3 is 5.97 Å². The minimum Gasteiger partial charge on any atom is -0.482 e. The van der Waals surface area contributed by atoms with E-state index in [1.54, 1.807) is 12.1 Å². The van der Waals surface area contributed by atoms with Crippen LogP contribution >= 0.6 is 0 Å². The van der Waals surface area contributed by atoms with Crippen molar-refractivity contribution < 1.29 is 19.4 Å². The van der Waals surface area contributed by atoms with E-state index in [1.165, 1.54) is 5.56 Å². The molecule has 0 amide bonds. The van der Waals surface area contributed by atoms with Gasteiger partial charge in [-0.2, -0.15) is 0 Å². The van der Waals surface area contributed by atoms with Crippen LogP contribution in [0.5, 0.6) is 11.5 Å². The quantitative estimate of drug-likeness (QED) is 0.475. The van der Waals surface area contributed by atoms with Crippen molar-refractivity contribution in [1.82, 2.24) is 4.90 Å². The van der Waals surface area contributed by atoms with Gasteiger partial charge in [0.25, 0.3) is 0 Å². The maximum absolute atomic E-state index is 12.8. The summed E-state index contributed by atoms with van der Waals surface area (Å²) in [5.74, 6) is 0.996. The molecular formula is C25H25NO4. The number of likely N-dealkylation sites (N-methyl/N-ethyl adjacent to an activating group) is 1. The first-order valence-corrected chi connectivity index (χ1v) is 10.7. The molecule has 2 heterocycles. The van der Waals surface area contributed by atoms with Crippen LogP contribution in [0.2, 0.25) is 0 Å². The highest BCUT2D eigenvalue weighted by atomic mass is 16.6. The van der Waals surface area contributed by atoms with E-state index in [9.17, 15) is 9.90 Å². The molecule has 1 saturated heterocycles. The number of carbonyl (C=O) groups is 1. The first-order valence-electron chi connectivity index (χ1n) is 10.7. The molecule has 2 aliphatic heterocycles. The topological polar surface area (TPSA) is 59.0 Å². The van der Waals surface area contributed by atoms with E-state index in [-0.39, 0.29) is 11.5 Å². The van der Waals surface area contributed by atoms with Crippen molar-refractivity contribution in [3.8, 4) is 11.5 Å². The Morgan fingerprint density at radius 3 is 2.80 bits per heavy atom. The molecule has 30 heavy (non-hydrogen) atoms. The van der Waals surface area contributed by atoms with Gasteiger partial charge in [0.2, 0.25) is 0 Å². The predicted octanol–water partition coefficient (Wildman–Crippen LogP) is 3.02. The lowest BCUT2D eigenvalue weighted by Gasteiger charge is -2.56. The van der Waals surface area contributed by atoms with E-state index in [0.29, 0.717) is 29.0 Å². The lowest BCUT2D eigenvalue weighted by molar-refractivity contribution is -0.0453. The van der Waals surface area contributed by atoms with Crippen molar-refractivity contribution in [3.05, 3.63) is 70.8 Å². The molecular weight excluding hydrogens is 378 g/mol. The number of piperidine rings is 1. The SMILES string of the molecule is Cc1ccc(C(=O)Oc2ccc3c4c2O[C@H]2[C@@H](O)C=C[C@H]5[C@@H](C3)N(C)CC[C@@]452)cc1. The number of esters is 1. The Kier molecular flexibility index (Phi) is 3.75. The molecule has 6 rings (SSSR count). The van der Waals surface area contributed by atoms with E-state index < -0.39 is 12.1 Å². The molecule has 5 atom stereocenters. The van der Waals surface area contributed by atoms with Crippen LogP contribution in [0.15, 0.2) is 48.6 Å². The van der Waals surface area contributed by atoms with E-state index in [0.717, 1.165) is 30.5 Å². The lowest BCUT2D eigenvalue weighted by atomic mass is 9.53. The van der Waals surface area contributed by atoms with Gasteiger partial charge in [0.15, 0.2) is 11.5 Å². The third-order valence-electron chi connectivity index (χ3n) is 7.62. The van der Waals surface area contributed by atoms with Crippen molar-refractivity contribution in [2.24, 2.45) is 5.92 Å². The predicted molar refractivity (Wildman–Crippen MR) is 112 cm³/mol. The number of hydrogen-bond acceptors (Lipinski definition) is 5. The number of carbonyl (C=O) groups excluding carboxylic acids is 1. The molecule has 2 aromatic carbocycles. The maximum atomic E-state index is 12.8. The second-order valence-corrected chi connectivity index (χ2v) is 9.16. The minimum absolute atomic E-state index is 0.249. The molecule has 1 spiro atoms. The Labute approximate surface area is 175 Å². The number of likely N-dealkylation sites (tertiary alicyclic amines) is 1. The number of rotatable bonds is 2. The van der Waals surface area contributed by atoms with Crippen LogP contribution in [0.3, 0.4) is 0 Å². The second-order valence-electron chi connectivity index (χ2n) is 9.16. The standard InChI is InChI=1S/C25H25NO4/c1-14-3-5-15(6-4-14)24(28)29-20-10-7-16-13-18-17-8-9-19(27)23-25(17,11-12-26(18)2)21(16)22(20)30-23/h3-10,17-19,23,27H,11-13H2,1-2H3/t17-,18+,19-,23-,25-/m0/s1. The molecule has 0 saturated carbocycles. The molecule has 2 aromatic rings. The number of aliphatic hydroxyl groups is 1. The maximum Gasteiger partial charge on any atom is 0.343 e. The van der Waals surface area contributed by atoms with Crippen LogP contribution in [-0.4, -0.2) is 47.8 Å². The summed E-state index contributed by atoms with van der Waals surface area (Å²) < 4.78 is 12.2. The zero-order valence-corrected chi connectivity index (χ0v) is 17.2. The van der Waals surface area contributed by atoms with Gasteiger partial charge in [-0.15, -0.1) is 0 Å². The molecule has 1 fully saturated rings. The summed E-state index contributed by atoms with van der Waals surface area (Å²) >= 11 is 0. The molecule has 2 bridgehead atoms. The first-order chi connectivity index (χ1) is 14.5. The first kappa shape index (κ1) is 18.2. The van der Waals surface area contributed by atoms with E-state index >= 15 is 0 Å². The highest BCUT2D eigenvalue weighted by Crippen LogP contribution is 2.62. The van der Waals surface area contributed by atoms with Crippen molar-refractivity contribution in [2.45, 2.75) is 43.4 Å². The Morgan fingerprint density at radius 2 is 2.00 bits per heavy atom. The number of aliphatic hydroxyl groups excluding tert-OH is 1. The fourth-order valence-corrected chi connectivity index (χ4v) is 6.16. The lowest BCUT2D eigenvalue weighted by Crippen LogP contribution is -2.64. The summed E-state index contributed by atoms with van der Waals surface area (Å²) in [7, 11) is 2.19. The van der Waals surface area contributed by atoms with Gasteiger partial charge in [-0.05, 0) is 57.1 Å². The second kappa shape index (κ2) is 6.19. The van der Waals surface area contributed by atoms with Crippen molar-refractivity contribution in [2.75, 3.05) is 13.6 Å². The number of ether oxygens (including phenoxy) is 2. The summed E-state index contributed by atoms with van der Waals surface area (Å²) in [5, 5.41) is 10.8. The number of benzene rings is 2. The highest BCUT2D eigenvalue weighted by molar-refractivity contribution is 5.91. The van der Waals surface area contributed by atoms with Crippen LogP contribution < -0.4 is 9.47 Å². The molecule has 0 aromatic heterocycles. The summed E-state index contributed by atoms with van der Waals surface area (Å²) in [4.78, 5) is 15.2. The smallest absolute Gasteiger partial charge is 0.343 e. The van der Waals surface area contributed by atoms with E-state index in [4.69, 9.17) is 9.47 Å². The molecule has 4 aliphatic rings. The van der Waals surface area contributed by atoms with Crippen molar-refractivity contribution in [3.63, 3.8) is 0 Å². The Hall–Kier alpha value is -2.63. The van der Waals surface area contributed by atoms with Gasteiger partial charge in [0.1, 0.15) is 12.2 Å². The minimum atomic E-state index is -0.663. The molecule has 154 valence electrons. The molecule has 5 nitrogen and oxygen atoms in total.